The van der Waals surface area contributed by atoms with E-state index in [2.05, 4.69) is 28.2 Å². The zero-order valence-electron chi connectivity index (χ0n) is 11.0. The van der Waals surface area contributed by atoms with Gasteiger partial charge in [-0.05, 0) is 47.0 Å². The summed E-state index contributed by atoms with van der Waals surface area (Å²) in [6.45, 7) is 3.55. The quantitative estimate of drug-likeness (QED) is 0.836. The molecule has 5 heteroatoms. The zero-order valence-corrected chi connectivity index (χ0v) is 12.6. The van der Waals surface area contributed by atoms with Crippen molar-refractivity contribution >= 4 is 27.5 Å². The van der Waals surface area contributed by atoms with Crippen LogP contribution in [0.1, 0.15) is 30.1 Å². The lowest BCUT2D eigenvalue weighted by Crippen LogP contribution is -2.32. The summed E-state index contributed by atoms with van der Waals surface area (Å²) >= 11 is 3.37. The van der Waals surface area contributed by atoms with Crippen molar-refractivity contribution in [2.45, 2.75) is 25.9 Å². The predicted octanol–water partition coefficient (Wildman–Crippen LogP) is 2.58. The molecule has 1 amide bonds. The van der Waals surface area contributed by atoms with Crippen LogP contribution in [0, 0.1) is 5.92 Å². The Kier molecular flexibility index (Phi) is 4.82. The number of nitrogens with two attached hydrogens (primary N) is 1. The summed E-state index contributed by atoms with van der Waals surface area (Å²) in [5.41, 5.74) is 6.87. The highest BCUT2D eigenvalue weighted by Gasteiger charge is 2.27. The van der Waals surface area contributed by atoms with E-state index in [1.807, 2.05) is 0 Å². The molecule has 2 unspecified atom stereocenters. The van der Waals surface area contributed by atoms with Crippen LogP contribution in [0.5, 0.6) is 0 Å². The molecule has 1 aliphatic heterocycles. The van der Waals surface area contributed by atoms with E-state index in [9.17, 15) is 4.79 Å². The van der Waals surface area contributed by atoms with E-state index in [0.717, 1.165) is 23.9 Å². The van der Waals surface area contributed by atoms with E-state index in [4.69, 9.17) is 10.5 Å². The van der Waals surface area contributed by atoms with E-state index < -0.39 is 0 Å². The average Bonchev–Trinajstić information content (AvgIpc) is 2.86. The van der Waals surface area contributed by atoms with Crippen molar-refractivity contribution in [2.24, 2.45) is 5.92 Å². The van der Waals surface area contributed by atoms with Gasteiger partial charge in [0.15, 0.2) is 0 Å². The van der Waals surface area contributed by atoms with Crippen molar-refractivity contribution in [2.75, 3.05) is 18.9 Å². The minimum Gasteiger partial charge on any atom is -0.399 e. The fourth-order valence-electron chi connectivity index (χ4n) is 2.41. The van der Waals surface area contributed by atoms with Gasteiger partial charge in [0, 0.05) is 29.2 Å². The van der Waals surface area contributed by atoms with E-state index >= 15 is 0 Å². The Hall–Kier alpha value is -1.07. The van der Waals surface area contributed by atoms with Crippen molar-refractivity contribution in [3.8, 4) is 0 Å². The van der Waals surface area contributed by atoms with Crippen LogP contribution in [0.25, 0.3) is 0 Å². The van der Waals surface area contributed by atoms with Gasteiger partial charge < -0.3 is 15.8 Å². The van der Waals surface area contributed by atoms with Crippen LogP contribution >= 0.6 is 15.9 Å². The molecular weight excluding hydrogens is 308 g/mol. The first kappa shape index (κ1) is 14.3. The third-order valence-electron chi connectivity index (χ3n) is 3.51. The van der Waals surface area contributed by atoms with Crippen LogP contribution < -0.4 is 11.1 Å². The molecule has 0 bridgehead atoms. The van der Waals surface area contributed by atoms with Gasteiger partial charge in [-0.2, -0.15) is 0 Å². The largest absolute Gasteiger partial charge is 0.399 e. The summed E-state index contributed by atoms with van der Waals surface area (Å²) in [5, 5.41) is 2.97. The molecule has 4 nitrogen and oxygen atoms in total. The Morgan fingerprint density at radius 1 is 1.58 bits per heavy atom. The van der Waals surface area contributed by atoms with Crippen LogP contribution in [-0.2, 0) is 4.74 Å². The Morgan fingerprint density at radius 2 is 2.37 bits per heavy atom. The third-order valence-corrected chi connectivity index (χ3v) is 4.20. The highest BCUT2D eigenvalue weighted by Crippen LogP contribution is 2.23. The number of rotatable bonds is 4. The van der Waals surface area contributed by atoms with Gasteiger partial charge in [-0.15, -0.1) is 0 Å². The van der Waals surface area contributed by atoms with E-state index in [1.165, 1.54) is 0 Å². The Morgan fingerprint density at radius 3 is 3.11 bits per heavy atom. The number of anilines is 1. The first-order valence-electron chi connectivity index (χ1n) is 6.56. The standard InChI is InChI=1S/C14H19BrN2O2/c1-2-13-9(5-6-19-13)8-17-14(18)11-7-10(16)3-4-12(11)15/h3-4,7,9,13H,2,5-6,8,16H2,1H3,(H,17,18). The number of carbonyl (C=O) groups is 1. The SMILES string of the molecule is CCC1OCCC1CNC(=O)c1cc(N)ccc1Br. The molecule has 2 atom stereocenters. The van der Waals surface area contributed by atoms with Gasteiger partial charge in [0.2, 0.25) is 0 Å². The van der Waals surface area contributed by atoms with E-state index in [0.29, 0.717) is 23.7 Å². The first-order chi connectivity index (χ1) is 9.11. The molecule has 1 aliphatic rings. The van der Waals surface area contributed by atoms with Crippen molar-refractivity contribution in [1.29, 1.82) is 0 Å². The fourth-order valence-corrected chi connectivity index (χ4v) is 2.84. The highest BCUT2D eigenvalue weighted by molar-refractivity contribution is 9.10. The molecule has 0 aliphatic carbocycles. The van der Waals surface area contributed by atoms with Gasteiger partial charge in [-0.3, -0.25) is 4.79 Å². The number of halogens is 1. The van der Waals surface area contributed by atoms with Crippen LogP contribution in [0.15, 0.2) is 22.7 Å². The maximum atomic E-state index is 12.1. The second-order valence-electron chi connectivity index (χ2n) is 4.82. The number of nitrogens with one attached hydrogen (secondary N) is 1. The molecule has 0 aromatic heterocycles. The number of hydrogen-bond acceptors (Lipinski definition) is 3. The normalized spacial score (nSPS) is 22.4. The van der Waals surface area contributed by atoms with Gasteiger partial charge in [-0.1, -0.05) is 6.92 Å². The monoisotopic (exact) mass is 326 g/mol. The number of nitrogen functional groups attached to an aromatic ring is 1. The Bertz CT molecular complexity index is 465. The van der Waals surface area contributed by atoms with Gasteiger partial charge in [-0.25, -0.2) is 0 Å². The van der Waals surface area contributed by atoms with Crippen LogP contribution in [-0.4, -0.2) is 25.2 Å². The lowest BCUT2D eigenvalue weighted by molar-refractivity contribution is 0.0826. The second-order valence-corrected chi connectivity index (χ2v) is 5.67. The van der Waals surface area contributed by atoms with Crippen molar-refractivity contribution in [3.63, 3.8) is 0 Å². The molecular formula is C14H19BrN2O2. The average molecular weight is 327 g/mol. The lowest BCUT2D eigenvalue weighted by atomic mass is 9.99. The summed E-state index contributed by atoms with van der Waals surface area (Å²) < 4.78 is 6.37. The molecule has 0 spiro atoms. The number of amides is 1. The lowest BCUT2D eigenvalue weighted by Gasteiger charge is -2.17. The maximum Gasteiger partial charge on any atom is 0.252 e. The first-order valence-corrected chi connectivity index (χ1v) is 7.36. The molecule has 0 saturated carbocycles. The van der Waals surface area contributed by atoms with Gasteiger partial charge in [0.1, 0.15) is 0 Å². The number of benzene rings is 1. The van der Waals surface area contributed by atoms with Crippen molar-refractivity contribution < 1.29 is 9.53 Å². The third kappa shape index (κ3) is 3.48. The summed E-state index contributed by atoms with van der Waals surface area (Å²) in [6.07, 6.45) is 2.27. The summed E-state index contributed by atoms with van der Waals surface area (Å²) in [7, 11) is 0. The molecule has 1 saturated heterocycles. The topological polar surface area (TPSA) is 64.3 Å². The summed E-state index contributed by atoms with van der Waals surface area (Å²) in [5.74, 6) is 0.315. The van der Waals surface area contributed by atoms with Gasteiger partial charge >= 0.3 is 0 Å². The predicted molar refractivity (Wildman–Crippen MR) is 79.0 cm³/mol. The van der Waals surface area contributed by atoms with Crippen LogP contribution in [0.4, 0.5) is 5.69 Å². The number of hydrogen-bond donors (Lipinski definition) is 2. The highest BCUT2D eigenvalue weighted by atomic mass is 79.9. The minimum atomic E-state index is -0.0964. The summed E-state index contributed by atoms with van der Waals surface area (Å²) in [4.78, 5) is 12.1. The molecule has 2 rings (SSSR count). The molecule has 1 heterocycles. The smallest absolute Gasteiger partial charge is 0.252 e. The molecule has 1 aromatic carbocycles. The number of carbonyl (C=O) groups excluding carboxylic acids is 1. The second kappa shape index (κ2) is 6.39. The fraction of sp³-hybridized carbons (Fsp3) is 0.500. The van der Waals surface area contributed by atoms with Crippen molar-refractivity contribution in [1.82, 2.24) is 5.32 Å². The van der Waals surface area contributed by atoms with E-state index in [1.54, 1.807) is 18.2 Å². The van der Waals surface area contributed by atoms with Crippen molar-refractivity contribution in [3.05, 3.63) is 28.2 Å². The van der Waals surface area contributed by atoms with E-state index in [-0.39, 0.29) is 12.0 Å². The van der Waals surface area contributed by atoms with Gasteiger partial charge in [0.05, 0.1) is 11.7 Å². The number of ether oxygens (including phenoxy) is 1. The van der Waals surface area contributed by atoms with Gasteiger partial charge in [0.25, 0.3) is 5.91 Å². The molecule has 3 N–H and O–H groups in total. The molecule has 0 radical (unpaired) electrons. The Balaban J connectivity index is 1.96. The Labute approximate surface area is 121 Å². The molecule has 104 valence electrons. The maximum absolute atomic E-state index is 12.1. The summed E-state index contributed by atoms with van der Waals surface area (Å²) in [6, 6.07) is 5.23. The molecule has 19 heavy (non-hydrogen) atoms. The zero-order chi connectivity index (χ0) is 13.8. The molecule has 1 fully saturated rings. The van der Waals surface area contributed by atoms with Crippen LogP contribution in [0.2, 0.25) is 0 Å². The minimum absolute atomic E-state index is 0.0964. The van der Waals surface area contributed by atoms with Crippen LogP contribution in [0.3, 0.4) is 0 Å². The molecule has 1 aromatic rings.